The van der Waals surface area contributed by atoms with E-state index in [-0.39, 0.29) is 5.78 Å². The van der Waals surface area contributed by atoms with Crippen LogP contribution in [0.5, 0.6) is 0 Å². The van der Waals surface area contributed by atoms with E-state index in [1.807, 2.05) is 18.2 Å². The predicted molar refractivity (Wildman–Crippen MR) is 102 cm³/mol. The van der Waals surface area contributed by atoms with Crippen molar-refractivity contribution in [3.63, 3.8) is 0 Å². The van der Waals surface area contributed by atoms with Gasteiger partial charge in [-0.1, -0.05) is 48.2 Å². The van der Waals surface area contributed by atoms with E-state index in [1.54, 1.807) is 42.5 Å². The molecule has 0 fully saturated rings. The van der Waals surface area contributed by atoms with Crippen LogP contribution in [-0.4, -0.2) is 29.9 Å². The fraction of sp³-hybridized carbons (Fsp3) is 0.105. The number of aliphatic imine (C=N–C) groups is 1. The van der Waals surface area contributed by atoms with Gasteiger partial charge >= 0.3 is 6.09 Å². The second kappa shape index (κ2) is 9.44. The second-order valence-electron chi connectivity index (χ2n) is 4.88. The molecule has 2 rings (SSSR count). The molecule has 0 unspecified atom stereocenters. The summed E-state index contributed by atoms with van der Waals surface area (Å²) in [6.45, 7) is 3.64. The number of nitrogens with zero attached hydrogens (tertiary/aromatic N) is 1. The summed E-state index contributed by atoms with van der Waals surface area (Å²) in [5, 5.41) is 2.95. The molecule has 2 aromatic carbocycles. The van der Waals surface area contributed by atoms with Crippen molar-refractivity contribution in [3.05, 3.63) is 78.4 Å². The van der Waals surface area contributed by atoms with Crippen molar-refractivity contribution in [3.8, 4) is 0 Å². The molecular formula is C19H18N2O3S. The Balaban J connectivity index is 2.17. The smallest absolute Gasteiger partial charge is 0.412 e. The Labute approximate surface area is 150 Å². The average Bonchev–Trinajstić information content (AvgIpc) is 2.66. The van der Waals surface area contributed by atoms with Gasteiger partial charge in [0.15, 0.2) is 11.0 Å². The second-order valence-corrected chi connectivity index (χ2v) is 5.88. The van der Waals surface area contributed by atoms with E-state index >= 15 is 0 Å². The predicted octanol–water partition coefficient (Wildman–Crippen LogP) is 4.18. The minimum absolute atomic E-state index is 0.0509. The van der Waals surface area contributed by atoms with Gasteiger partial charge in [0.25, 0.3) is 0 Å². The van der Waals surface area contributed by atoms with E-state index in [4.69, 9.17) is 0 Å². The highest BCUT2D eigenvalue weighted by Gasteiger charge is 2.09. The maximum absolute atomic E-state index is 12.4. The van der Waals surface area contributed by atoms with Gasteiger partial charge in [-0.3, -0.25) is 10.1 Å². The zero-order chi connectivity index (χ0) is 18.1. The van der Waals surface area contributed by atoms with E-state index in [9.17, 15) is 9.59 Å². The van der Waals surface area contributed by atoms with Crippen LogP contribution >= 0.6 is 11.8 Å². The molecule has 2 aromatic rings. The van der Waals surface area contributed by atoms with Crippen LogP contribution in [0.1, 0.15) is 15.9 Å². The van der Waals surface area contributed by atoms with Gasteiger partial charge in [-0.05, 0) is 24.3 Å². The summed E-state index contributed by atoms with van der Waals surface area (Å²) in [7, 11) is 1.29. The highest BCUT2D eigenvalue weighted by atomic mass is 32.2. The van der Waals surface area contributed by atoms with Crippen LogP contribution in [0.25, 0.3) is 0 Å². The largest absolute Gasteiger partial charge is 0.453 e. The van der Waals surface area contributed by atoms with Crippen LogP contribution in [0.3, 0.4) is 0 Å². The molecule has 128 valence electrons. The number of hydrogen-bond donors (Lipinski definition) is 1. The number of rotatable bonds is 5. The fourth-order valence-electron chi connectivity index (χ4n) is 1.93. The van der Waals surface area contributed by atoms with Gasteiger partial charge in [-0.15, -0.1) is 6.58 Å². The molecule has 0 aromatic heterocycles. The van der Waals surface area contributed by atoms with Crippen LogP contribution in [0.2, 0.25) is 0 Å². The number of hydrogen-bond acceptors (Lipinski definition) is 5. The molecule has 5 nitrogen and oxygen atoms in total. The Bertz CT molecular complexity index is 771. The summed E-state index contributed by atoms with van der Waals surface area (Å²) in [5.74, 6) is 0.540. The van der Waals surface area contributed by atoms with Crippen molar-refractivity contribution in [2.75, 3.05) is 12.9 Å². The Kier molecular flexibility index (Phi) is 6.98. The highest BCUT2D eigenvalue weighted by Crippen LogP contribution is 2.18. The monoisotopic (exact) mass is 354 g/mol. The lowest BCUT2D eigenvalue weighted by Crippen LogP contribution is -2.28. The molecule has 0 spiro atoms. The third-order valence-corrected chi connectivity index (χ3v) is 4.00. The standard InChI is InChI=1S/C19H18N2O3S/c1-3-13-25-18(21-19(23)24-2)20-16-11-9-15(10-12-16)17(22)14-7-5-4-6-8-14/h3-12H,1,13H2,2H3,(H,20,21,23). The average molecular weight is 354 g/mol. The van der Waals surface area contributed by atoms with E-state index < -0.39 is 6.09 Å². The topological polar surface area (TPSA) is 67.8 Å². The van der Waals surface area contributed by atoms with Gasteiger partial charge in [0.2, 0.25) is 0 Å². The maximum atomic E-state index is 12.4. The number of amidine groups is 1. The van der Waals surface area contributed by atoms with Gasteiger partial charge in [0.05, 0.1) is 12.8 Å². The third kappa shape index (κ3) is 5.61. The number of amides is 1. The van der Waals surface area contributed by atoms with E-state index in [1.165, 1.54) is 18.9 Å². The van der Waals surface area contributed by atoms with Crippen molar-refractivity contribution in [2.45, 2.75) is 0 Å². The molecule has 0 heterocycles. The lowest BCUT2D eigenvalue weighted by Gasteiger charge is -2.07. The molecule has 6 heteroatoms. The Morgan fingerprint density at radius 3 is 2.36 bits per heavy atom. The zero-order valence-electron chi connectivity index (χ0n) is 13.8. The van der Waals surface area contributed by atoms with Gasteiger partial charge in [0, 0.05) is 16.9 Å². The third-order valence-electron chi connectivity index (χ3n) is 3.13. The number of carbonyl (C=O) groups is 2. The number of thioether (sulfide) groups is 1. The summed E-state index contributed by atoms with van der Waals surface area (Å²) in [4.78, 5) is 28.1. The molecule has 0 atom stereocenters. The minimum Gasteiger partial charge on any atom is -0.453 e. The van der Waals surface area contributed by atoms with Crippen LogP contribution in [-0.2, 0) is 4.74 Å². The zero-order valence-corrected chi connectivity index (χ0v) is 14.6. The molecule has 0 aliphatic carbocycles. The summed E-state index contributed by atoms with van der Waals surface area (Å²) >= 11 is 1.32. The van der Waals surface area contributed by atoms with Crippen LogP contribution in [0, 0.1) is 0 Å². The first-order chi connectivity index (χ1) is 12.1. The summed E-state index contributed by atoms with van der Waals surface area (Å²) in [6.07, 6.45) is 1.12. The number of nitrogens with one attached hydrogen (secondary N) is 1. The SMILES string of the molecule is C=CCSC(=Nc1ccc(C(=O)c2ccccc2)cc1)NC(=O)OC. The minimum atomic E-state index is -0.591. The molecule has 0 aliphatic heterocycles. The molecular weight excluding hydrogens is 336 g/mol. The molecule has 0 radical (unpaired) electrons. The molecule has 0 saturated carbocycles. The molecule has 1 amide bonds. The number of benzene rings is 2. The summed E-state index contributed by atoms with van der Waals surface area (Å²) < 4.78 is 4.58. The van der Waals surface area contributed by atoms with Gasteiger partial charge in [0.1, 0.15) is 0 Å². The van der Waals surface area contributed by atoms with Crippen LogP contribution in [0.15, 0.2) is 72.2 Å². The van der Waals surface area contributed by atoms with Crippen molar-refractivity contribution < 1.29 is 14.3 Å². The van der Waals surface area contributed by atoms with E-state index in [2.05, 4.69) is 21.6 Å². The number of ether oxygens (including phenoxy) is 1. The van der Waals surface area contributed by atoms with Gasteiger partial charge in [-0.2, -0.15) is 0 Å². The molecule has 1 N–H and O–H groups in total. The maximum Gasteiger partial charge on any atom is 0.412 e. The van der Waals surface area contributed by atoms with E-state index in [0.29, 0.717) is 27.7 Å². The molecule has 0 aliphatic rings. The Morgan fingerprint density at radius 1 is 1.12 bits per heavy atom. The number of alkyl carbamates (subject to hydrolysis) is 1. The van der Waals surface area contributed by atoms with Gasteiger partial charge in [-0.25, -0.2) is 9.79 Å². The number of carbonyl (C=O) groups excluding carboxylic acids is 2. The molecule has 0 saturated heterocycles. The first kappa shape index (κ1) is 18.5. The molecule has 25 heavy (non-hydrogen) atoms. The van der Waals surface area contributed by atoms with Crippen LogP contribution in [0.4, 0.5) is 10.5 Å². The number of ketones is 1. The van der Waals surface area contributed by atoms with Crippen molar-refractivity contribution in [1.82, 2.24) is 5.32 Å². The Morgan fingerprint density at radius 2 is 1.76 bits per heavy atom. The summed E-state index contributed by atoms with van der Waals surface area (Å²) in [5.41, 5.74) is 1.83. The normalized spacial score (nSPS) is 10.8. The quantitative estimate of drug-likeness (QED) is 0.378. The fourth-order valence-corrected chi connectivity index (χ4v) is 2.53. The van der Waals surface area contributed by atoms with Crippen molar-refractivity contribution in [1.29, 1.82) is 0 Å². The molecule has 0 bridgehead atoms. The first-order valence-corrected chi connectivity index (χ1v) is 8.49. The van der Waals surface area contributed by atoms with Crippen LogP contribution < -0.4 is 5.32 Å². The first-order valence-electron chi connectivity index (χ1n) is 7.51. The lowest BCUT2D eigenvalue weighted by molar-refractivity contribution is 0.103. The number of methoxy groups -OCH3 is 1. The van der Waals surface area contributed by atoms with Crippen molar-refractivity contribution in [2.24, 2.45) is 4.99 Å². The lowest BCUT2D eigenvalue weighted by atomic mass is 10.0. The van der Waals surface area contributed by atoms with Crippen molar-refractivity contribution >= 4 is 34.5 Å². The summed E-state index contributed by atoms with van der Waals surface area (Å²) in [6, 6.07) is 15.9. The van der Waals surface area contributed by atoms with Gasteiger partial charge < -0.3 is 4.74 Å². The van der Waals surface area contributed by atoms with E-state index in [0.717, 1.165) is 0 Å². The highest BCUT2D eigenvalue weighted by molar-refractivity contribution is 8.14. The Hall–Kier alpha value is -2.86.